The van der Waals surface area contributed by atoms with Crippen LogP contribution in [0.1, 0.15) is 36.6 Å². The molecule has 3 amide bonds. The van der Waals surface area contributed by atoms with Crippen LogP contribution in [0.4, 0.5) is 0 Å². The zero-order chi connectivity index (χ0) is 18.1. The lowest BCUT2D eigenvalue weighted by Crippen LogP contribution is -2.46. The Hall–Kier alpha value is -2.70. The second-order valence-electron chi connectivity index (χ2n) is 6.48. The summed E-state index contributed by atoms with van der Waals surface area (Å²) < 4.78 is 0. The number of nitrogens with zero attached hydrogens (tertiary/aromatic N) is 2. The molecule has 0 unspecified atom stereocenters. The third-order valence-corrected chi connectivity index (χ3v) is 4.80. The number of halogens is 1. The predicted molar refractivity (Wildman–Crippen MR) is 103 cm³/mol. The van der Waals surface area contributed by atoms with E-state index >= 15 is 0 Å². The third-order valence-electron chi connectivity index (χ3n) is 4.80. The molecule has 140 valence electrons. The number of hydrogen-bond acceptors (Lipinski definition) is 4. The van der Waals surface area contributed by atoms with Crippen molar-refractivity contribution in [2.45, 2.75) is 6.54 Å². The molecule has 4 rings (SSSR count). The van der Waals surface area contributed by atoms with Crippen LogP contribution in [0.3, 0.4) is 0 Å². The second kappa shape index (κ2) is 7.90. The molecule has 2 heterocycles. The summed E-state index contributed by atoms with van der Waals surface area (Å²) in [6.07, 6.45) is 0. The monoisotopic (exact) mass is 385 g/mol. The fourth-order valence-electron chi connectivity index (χ4n) is 3.42. The molecular weight excluding hydrogens is 366 g/mol. The fraction of sp³-hybridized carbons (Fsp3) is 0.250. The number of carbonyl (C=O) groups excluding carboxylic acids is 3. The van der Waals surface area contributed by atoms with Gasteiger partial charge in [-0.1, -0.05) is 24.3 Å². The minimum absolute atomic E-state index is 0. The first-order valence-electron chi connectivity index (χ1n) is 8.69. The van der Waals surface area contributed by atoms with Gasteiger partial charge in [0.25, 0.3) is 17.7 Å². The maximum atomic E-state index is 12.6. The Balaban J connectivity index is 0.00000210. The number of piperazine rings is 1. The number of imide groups is 1. The second-order valence-corrected chi connectivity index (χ2v) is 6.48. The summed E-state index contributed by atoms with van der Waals surface area (Å²) in [5, 5.41) is 3.22. The summed E-state index contributed by atoms with van der Waals surface area (Å²) in [4.78, 5) is 40.7. The molecule has 1 fully saturated rings. The van der Waals surface area contributed by atoms with Crippen LogP contribution in [-0.2, 0) is 6.54 Å². The van der Waals surface area contributed by atoms with Crippen LogP contribution in [0.25, 0.3) is 0 Å². The van der Waals surface area contributed by atoms with Crippen molar-refractivity contribution >= 4 is 30.1 Å². The van der Waals surface area contributed by atoms with E-state index in [1.807, 2.05) is 11.0 Å². The topological polar surface area (TPSA) is 69.7 Å². The minimum Gasteiger partial charge on any atom is -0.336 e. The third kappa shape index (κ3) is 3.59. The maximum absolute atomic E-state index is 12.6. The molecule has 0 aromatic heterocycles. The van der Waals surface area contributed by atoms with E-state index in [4.69, 9.17) is 0 Å². The van der Waals surface area contributed by atoms with Crippen molar-refractivity contribution in [3.8, 4) is 0 Å². The van der Waals surface area contributed by atoms with E-state index < -0.39 is 0 Å². The SMILES string of the molecule is Cl.O=C(c1cccc(CN2C(=O)c3ccccc3C2=O)c1)N1CCNCC1. The van der Waals surface area contributed by atoms with E-state index in [0.29, 0.717) is 29.8 Å². The molecule has 0 bridgehead atoms. The largest absolute Gasteiger partial charge is 0.336 e. The minimum atomic E-state index is -0.288. The number of fused-ring (bicyclic) bond motifs is 1. The van der Waals surface area contributed by atoms with Crippen molar-refractivity contribution in [2.75, 3.05) is 26.2 Å². The van der Waals surface area contributed by atoms with Crippen LogP contribution in [0.15, 0.2) is 48.5 Å². The lowest BCUT2D eigenvalue weighted by Gasteiger charge is -2.27. The molecule has 2 aliphatic heterocycles. The van der Waals surface area contributed by atoms with Crippen LogP contribution >= 0.6 is 12.4 Å². The van der Waals surface area contributed by atoms with Gasteiger partial charge in [-0.15, -0.1) is 12.4 Å². The van der Waals surface area contributed by atoms with Gasteiger partial charge in [-0.25, -0.2) is 0 Å². The van der Waals surface area contributed by atoms with E-state index in [1.54, 1.807) is 42.5 Å². The summed E-state index contributed by atoms with van der Waals surface area (Å²) in [6, 6.07) is 14.0. The van der Waals surface area contributed by atoms with Gasteiger partial charge in [0.1, 0.15) is 0 Å². The lowest BCUT2D eigenvalue weighted by atomic mass is 10.1. The van der Waals surface area contributed by atoms with Crippen molar-refractivity contribution in [1.82, 2.24) is 15.1 Å². The highest BCUT2D eigenvalue weighted by Gasteiger charge is 2.35. The van der Waals surface area contributed by atoms with Gasteiger partial charge in [0.2, 0.25) is 0 Å². The lowest BCUT2D eigenvalue weighted by molar-refractivity contribution is 0.0642. The molecule has 0 spiro atoms. The van der Waals surface area contributed by atoms with E-state index in [9.17, 15) is 14.4 Å². The van der Waals surface area contributed by atoms with Gasteiger partial charge in [0, 0.05) is 31.7 Å². The van der Waals surface area contributed by atoms with Crippen LogP contribution in [0.5, 0.6) is 0 Å². The van der Waals surface area contributed by atoms with E-state index in [1.165, 1.54) is 4.90 Å². The number of hydrogen-bond donors (Lipinski definition) is 1. The summed E-state index contributed by atoms with van der Waals surface area (Å²) in [5.74, 6) is -0.593. The molecule has 1 saturated heterocycles. The van der Waals surface area contributed by atoms with Crippen molar-refractivity contribution in [3.05, 3.63) is 70.8 Å². The molecular formula is C20H20ClN3O3. The van der Waals surface area contributed by atoms with Gasteiger partial charge in [0.05, 0.1) is 17.7 Å². The zero-order valence-electron chi connectivity index (χ0n) is 14.7. The first-order valence-corrected chi connectivity index (χ1v) is 8.69. The van der Waals surface area contributed by atoms with Crippen LogP contribution in [-0.4, -0.2) is 53.7 Å². The summed E-state index contributed by atoms with van der Waals surface area (Å²) in [5.41, 5.74) is 2.22. The summed E-state index contributed by atoms with van der Waals surface area (Å²) in [6.45, 7) is 3.11. The normalized spacial score (nSPS) is 16.1. The Labute approximate surface area is 163 Å². The van der Waals surface area contributed by atoms with E-state index in [0.717, 1.165) is 18.7 Å². The van der Waals surface area contributed by atoms with E-state index in [-0.39, 0.29) is 36.7 Å². The van der Waals surface area contributed by atoms with Crippen LogP contribution in [0.2, 0.25) is 0 Å². The van der Waals surface area contributed by atoms with Crippen LogP contribution < -0.4 is 5.32 Å². The van der Waals surface area contributed by atoms with Crippen molar-refractivity contribution in [1.29, 1.82) is 0 Å². The highest BCUT2D eigenvalue weighted by molar-refractivity contribution is 6.21. The highest BCUT2D eigenvalue weighted by atomic mass is 35.5. The van der Waals surface area contributed by atoms with E-state index in [2.05, 4.69) is 5.32 Å². The van der Waals surface area contributed by atoms with Crippen molar-refractivity contribution in [2.24, 2.45) is 0 Å². The quantitative estimate of drug-likeness (QED) is 0.820. The molecule has 6 nitrogen and oxygen atoms in total. The Kier molecular flexibility index (Phi) is 5.58. The van der Waals surface area contributed by atoms with Crippen molar-refractivity contribution < 1.29 is 14.4 Å². The van der Waals surface area contributed by atoms with Gasteiger partial charge >= 0.3 is 0 Å². The average Bonchev–Trinajstić information content (AvgIpc) is 2.93. The van der Waals surface area contributed by atoms with Crippen molar-refractivity contribution in [3.63, 3.8) is 0 Å². The molecule has 0 radical (unpaired) electrons. The molecule has 2 aromatic rings. The fourth-order valence-corrected chi connectivity index (χ4v) is 3.42. The summed E-state index contributed by atoms with van der Waals surface area (Å²) in [7, 11) is 0. The maximum Gasteiger partial charge on any atom is 0.261 e. The molecule has 2 aromatic carbocycles. The number of benzene rings is 2. The van der Waals surface area contributed by atoms with Gasteiger partial charge in [-0.05, 0) is 29.8 Å². The number of nitrogens with one attached hydrogen (secondary N) is 1. The Morgan fingerprint density at radius 2 is 1.56 bits per heavy atom. The number of amides is 3. The molecule has 1 N–H and O–H groups in total. The standard InChI is InChI=1S/C20H19N3O3.ClH/c24-18(22-10-8-21-9-11-22)15-5-3-4-14(12-15)13-23-19(25)16-6-1-2-7-17(16)20(23)26;/h1-7,12,21H,8-11,13H2;1H. The predicted octanol–water partition coefficient (Wildman–Crippen LogP) is 1.95. The smallest absolute Gasteiger partial charge is 0.261 e. The Morgan fingerprint density at radius 3 is 2.19 bits per heavy atom. The Bertz CT molecular complexity index is 859. The van der Waals surface area contributed by atoms with Gasteiger partial charge in [-0.3, -0.25) is 19.3 Å². The number of rotatable bonds is 3. The summed E-state index contributed by atoms with van der Waals surface area (Å²) >= 11 is 0. The molecule has 7 heteroatoms. The zero-order valence-corrected chi connectivity index (χ0v) is 15.5. The van der Waals surface area contributed by atoms with Crippen LogP contribution in [0, 0.1) is 0 Å². The Morgan fingerprint density at radius 1 is 0.926 bits per heavy atom. The van der Waals surface area contributed by atoms with Gasteiger partial charge in [-0.2, -0.15) is 0 Å². The first kappa shape index (κ1) is 19.1. The first-order chi connectivity index (χ1) is 12.6. The molecule has 27 heavy (non-hydrogen) atoms. The number of carbonyl (C=O) groups is 3. The average molecular weight is 386 g/mol. The van der Waals surface area contributed by atoms with Gasteiger partial charge in [0.15, 0.2) is 0 Å². The molecule has 0 aliphatic carbocycles. The highest BCUT2D eigenvalue weighted by Crippen LogP contribution is 2.24. The molecule has 2 aliphatic rings. The molecule has 0 saturated carbocycles. The van der Waals surface area contributed by atoms with Gasteiger partial charge < -0.3 is 10.2 Å². The molecule has 0 atom stereocenters.